The molecule has 0 aliphatic carbocycles. The first-order chi connectivity index (χ1) is 12.7. The minimum atomic E-state index is -0.261. The number of benzene rings is 1. The maximum atomic E-state index is 12.4. The van der Waals surface area contributed by atoms with Crippen molar-refractivity contribution >= 4 is 23.1 Å². The molecule has 0 fully saturated rings. The second-order valence-corrected chi connectivity index (χ2v) is 5.73. The third-order valence-corrected chi connectivity index (χ3v) is 3.98. The van der Waals surface area contributed by atoms with E-state index in [0.717, 1.165) is 37.4 Å². The van der Waals surface area contributed by atoms with Crippen LogP contribution in [0.15, 0.2) is 36.7 Å². The molecule has 0 saturated heterocycles. The molecular weight excluding hydrogens is 330 g/mol. The highest BCUT2D eigenvalue weighted by molar-refractivity contribution is 6.03. The second-order valence-electron chi connectivity index (χ2n) is 5.73. The van der Waals surface area contributed by atoms with Gasteiger partial charge in [-0.1, -0.05) is 0 Å². The molecule has 0 bridgehead atoms. The summed E-state index contributed by atoms with van der Waals surface area (Å²) >= 11 is 0. The van der Waals surface area contributed by atoms with Crippen LogP contribution in [0.2, 0.25) is 0 Å². The van der Waals surface area contributed by atoms with Gasteiger partial charge in [0.1, 0.15) is 17.8 Å². The summed E-state index contributed by atoms with van der Waals surface area (Å²) in [6, 6.07) is 9.45. The van der Waals surface area contributed by atoms with E-state index >= 15 is 0 Å². The lowest BCUT2D eigenvalue weighted by Crippen LogP contribution is -2.21. The average Bonchev–Trinajstić information content (AvgIpc) is 2.68. The Bertz CT molecular complexity index is 687. The summed E-state index contributed by atoms with van der Waals surface area (Å²) in [6.45, 7) is 7.53. The molecule has 26 heavy (non-hydrogen) atoms. The first-order valence-corrected chi connectivity index (χ1v) is 8.89. The maximum Gasteiger partial charge on any atom is 0.274 e. The molecule has 0 spiro atoms. The zero-order valence-electron chi connectivity index (χ0n) is 15.7. The summed E-state index contributed by atoms with van der Waals surface area (Å²) in [5, 5.41) is 6.02. The molecule has 2 aromatic rings. The van der Waals surface area contributed by atoms with E-state index < -0.39 is 0 Å². The first-order valence-electron chi connectivity index (χ1n) is 8.89. The Morgan fingerprint density at radius 2 is 1.88 bits per heavy atom. The van der Waals surface area contributed by atoms with Crippen LogP contribution in [0.1, 0.15) is 30.8 Å². The molecular formula is C19H27N5O2. The predicted molar refractivity (Wildman–Crippen MR) is 105 cm³/mol. The van der Waals surface area contributed by atoms with Gasteiger partial charge in [0, 0.05) is 50.8 Å². The van der Waals surface area contributed by atoms with Crippen molar-refractivity contribution in [2.24, 2.45) is 0 Å². The summed E-state index contributed by atoms with van der Waals surface area (Å²) < 4.78 is 5.01. The molecule has 7 heteroatoms. The number of ether oxygens (including phenoxy) is 1. The second kappa shape index (κ2) is 10.4. The monoisotopic (exact) mass is 357 g/mol. The van der Waals surface area contributed by atoms with Gasteiger partial charge in [0.05, 0.1) is 0 Å². The van der Waals surface area contributed by atoms with Crippen molar-refractivity contribution in [3.05, 3.63) is 42.4 Å². The van der Waals surface area contributed by atoms with Gasteiger partial charge in [-0.15, -0.1) is 0 Å². The van der Waals surface area contributed by atoms with Crippen LogP contribution in [0.25, 0.3) is 0 Å². The van der Waals surface area contributed by atoms with Crippen molar-refractivity contribution in [1.82, 2.24) is 9.97 Å². The molecule has 0 aliphatic rings. The highest BCUT2D eigenvalue weighted by Gasteiger charge is 2.10. The molecule has 0 saturated carbocycles. The first kappa shape index (κ1) is 19.7. The summed E-state index contributed by atoms with van der Waals surface area (Å²) in [7, 11) is 1.67. The lowest BCUT2D eigenvalue weighted by molar-refractivity contribution is 0.102. The number of hydrogen-bond acceptors (Lipinski definition) is 6. The van der Waals surface area contributed by atoms with Gasteiger partial charge in [-0.25, -0.2) is 9.97 Å². The smallest absolute Gasteiger partial charge is 0.274 e. The summed E-state index contributed by atoms with van der Waals surface area (Å²) in [4.78, 5) is 22.8. The van der Waals surface area contributed by atoms with Crippen LogP contribution in [0.4, 0.5) is 17.2 Å². The predicted octanol–water partition coefficient (Wildman–Crippen LogP) is 3.02. The van der Waals surface area contributed by atoms with E-state index in [1.54, 1.807) is 13.2 Å². The van der Waals surface area contributed by atoms with Crippen LogP contribution < -0.4 is 15.5 Å². The number of amides is 1. The van der Waals surface area contributed by atoms with E-state index in [9.17, 15) is 4.79 Å². The molecule has 7 nitrogen and oxygen atoms in total. The number of carbonyl (C=O) groups is 1. The average molecular weight is 357 g/mol. The van der Waals surface area contributed by atoms with Crippen LogP contribution in [-0.2, 0) is 4.74 Å². The Hall–Kier alpha value is -2.67. The van der Waals surface area contributed by atoms with Gasteiger partial charge in [-0.2, -0.15) is 0 Å². The number of nitrogens with zero attached hydrogens (tertiary/aromatic N) is 3. The third-order valence-electron chi connectivity index (χ3n) is 3.98. The van der Waals surface area contributed by atoms with Crippen LogP contribution in [0, 0.1) is 0 Å². The Balaban J connectivity index is 1.96. The van der Waals surface area contributed by atoms with Crippen molar-refractivity contribution in [2.45, 2.75) is 20.3 Å². The molecule has 1 aromatic carbocycles. The fourth-order valence-electron chi connectivity index (χ4n) is 2.55. The van der Waals surface area contributed by atoms with Gasteiger partial charge in [-0.3, -0.25) is 4.79 Å². The Morgan fingerprint density at radius 1 is 1.15 bits per heavy atom. The lowest BCUT2D eigenvalue weighted by Gasteiger charge is -2.21. The largest absolute Gasteiger partial charge is 0.385 e. The van der Waals surface area contributed by atoms with E-state index in [4.69, 9.17) is 4.74 Å². The van der Waals surface area contributed by atoms with Gasteiger partial charge < -0.3 is 20.3 Å². The molecule has 0 aliphatic heterocycles. The number of rotatable bonds is 10. The minimum absolute atomic E-state index is 0.261. The number of carbonyl (C=O) groups excluding carboxylic acids is 1. The number of nitrogens with one attached hydrogen (secondary N) is 2. The zero-order chi connectivity index (χ0) is 18.8. The van der Waals surface area contributed by atoms with Crippen molar-refractivity contribution in [2.75, 3.05) is 48.9 Å². The van der Waals surface area contributed by atoms with Crippen molar-refractivity contribution in [3.8, 4) is 0 Å². The molecule has 140 valence electrons. The molecule has 2 rings (SSSR count). The van der Waals surface area contributed by atoms with Crippen LogP contribution in [-0.4, -0.2) is 49.2 Å². The third kappa shape index (κ3) is 5.70. The van der Waals surface area contributed by atoms with Crippen LogP contribution in [0.3, 0.4) is 0 Å². The van der Waals surface area contributed by atoms with E-state index in [2.05, 4.69) is 39.3 Å². The highest BCUT2D eigenvalue weighted by atomic mass is 16.5. The molecule has 0 radical (unpaired) electrons. The number of anilines is 3. The molecule has 1 heterocycles. The minimum Gasteiger partial charge on any atom is -0.385 e. The SMILES string of the molecule is CCN(CC)c1ccc(NC(=O)c2cc(NCCCOC)ncn2)cc1. The summed E-state index contributed by atoms with van der Waals surface area (Å²) in [6.07, 6.45) is 2.25. The van der Waals surface area contributed by atoms with Crippen LogP contribution >= 0.6 is 0 Å². The van der Waals surface area contributed by atoms with Gasteiger partial charge in [0.15, 0.2) is 0 Å². The summed E-state index contributed by atoms with van der Waals surface area (Å²) in [5.74, 6) is 0.362. The number of aromatic nitrogens is 2. The normalized spacial score (nSPS) is 10.4. The van der Waals surface area contributed by atoms with E-state index in [1.165, 1.54) is 6.33 Å². The zero-order valence-corrected chi connectivity index (χ0v) is 15.7. The molecule has 1 aromatic heterocycles. The van der Waals surface area contributed by atoms with Crippen molar-refractivity contribution in [3.63, 3.8) is 0 Å². The van der Waals surface area contributed by atoms with Crippen LogP contribution in [0.5, 0.6) is 0 Å². The Kier molecular flexibility index (Phi) is 7.82. The van der Waals surface area contributed by atoms with Gasteiger partial charge >= 0.3 is 0 Å². The fraction of sp³-hybridized carbons (Fsp3) is 0.421. The Labute approximate surface area is 154 Å². The quantitative estimate of drug-likeness (QED) is 0.636. The topological polar surface area (TPSA) is 79.4 Å². The molecule has 1 amide bonds. The molecule has 2 N–H and O–H groups in total. The van der Waals surface area contributed by atoms with Gasteiger partial charge in [0.2, 0.25) is 0 Å². The lowest BCUT2D eigenvalue weighted by atomic mass is 10.2. The van der Waals surface area contributed by atoms with E-state index in [-0.39, 0.29) is 5.91 Å². The highest BCUT2D eigenvalue weighted by Crippen LogP contribution is 2.18. The number of methoxy groups -OCH3 is 1. The maximum absolute atomic E-state index is 12.4. The Morgan fingerprint density at radius 3 is 2.54 bits per heavy atom. The van der Waals surface area contributed by atoms with Gasteiger partial charge in [-0.05, 0) is 44.5 Å². The fourth-order valence-corrected chi connectivity index (χ4v) is 2.55. The van der Waals surface area contributed by atoms with E-state index in [0.29, 0.717) is 18.1 Å². The number of hydrogen-bond donors (Lipinski definition) is 2. The summed E-state index contributed by atoms with van der Waals surface area (Å²) in [5.41, 5.74) is 2.19. The van der Waals surface area contributed by atoms with Gasteiger partial charge in [0.25, 0.3) is 5.91 Å². The standard InChI is InChI=1S/C19H27N5O2/c1-4-24(5-2)16-9-7-15(8-10-16)23-19(25)17-13-18(22-14-21-17)20-11-6-12-26-3/h7-10,13-14H,4-6,11-12H2,1-3H3,(H,23,25)(H,20,21,22). The van der Waals surface area contributed by atoms with Crippen molar-refractivity contribution < 1.29 is 9.53 Å². The van der Waals surface area contributed by atoms with Crippen molar-refractivity contribution in [1.29, 1.82) is 0 Å². The molecule has 0 unspecified atom stereocenters. The molecule has 0 atom stereocenters. The van der Waals surface area contributed by atoms with E-state index in [1.807, 2.05) is 24.3 Å².